The first-order chi connectivity index (χ1) is 19.6. The number of carbonyl (C=O) groups excluding carboxylic acids is 3. The predicted octanol–water partition coefficient (Wildman–Crippen LogP) is 4.00. The van der Waals surface area contributed by atoms with Crippen LogP contribution in [-0.4, -0.2) is 59.5 Å². The lowest BCUT2D eigenvalue weighted by atomic mass is 10.1. The Labute approximate surface area is 249 Å². The summed E-state index contributed by atoms with van der Waals surface area (Å²) in [4.78, 5) is 40.3. The molecule has 0 unspecified atom stereocenters. The lowest BCUT2D eigenvalue weighted by Crippen LogP contribution is -2.46. The third-order valence-corrected chi connectivity index (χ3v) is 8.38. The Morgan fingerprint density at radius 3 is 2.60 bits per heavy atom. The molecule has 42 heavy (non-hydrogen) atoms. The average molecular weight is 621 g/mol. The first-order valence-corrected chi connectivity index (χ1v) is 15.5. The highest BCUT2D eigenvalue weighted by Gasteiger charge is 2.34. The Hall–Kier alpha value is -3.48. The number of halogens is 2. The van der Waals surface area contributed by atoms with E-state index in [9.17, 15) is 27.2 Å². The van der Waals surface area contributed by atoms with E-state index in [1.165, 1.54) is 24.0 Å². The van der Waals surface area contributed by atoms with E-state index in [0.717, 1.165) is 0 Å². The van der Waals surface area contributed by atoms with Crippen LogP contribution in [0.3, 0.4) is 0 Å². The molecular formula is C29H34ClFN4O6S. The molecule has 1 atom stereocenters. The Kier molecular flexibility index (Phi) is 9.29. The minimum Gasteiger partial charge on any atom is -0.476 e. The normalized spacial score (nSPS) is 15.7. The summed E-state index contributed by atoms with van der Waals surface area (Å²) in [5.41, 5.74) is 0.463. The van der Waals surface area contributed by atoms with Gasteiger partial charge in [0.1, 0.15) is 24.2 Å². The van der Waals surface area contributed by atoms with Gasteiger partial charge in [0.15, 0.2) is 5.78 Å². The largest absolute Gasteiger partial charge is 0.476 e. The number of ketones is 1. The minimum absolute atomic E-state index is 0.0416. The van der Waals surface area contributed by atoms with E-state index in [4.69, 9.17) is 16.3 Å². The molecule has 10 nitrogen and oxygen atoms in total. The fourth-order valence-corrected chi connectivity index (χ4v) is 6.45. The molecule has 2 amide bonds. The molecule has 0 radical (unpaired) electrons. The van der Waals surface area contributed by atoms with Crippen LogP contribution in [0, 0.1) is 5.82 Å². The number of sulfonamides is 1. The second-order valence-electron chi connectivity index (χ2n) is 11.3. The summed E-state index contributed by atoms with van der Waals surface area (Å²) < 4.78 is 48.7. The molecule has 2 heterocycles. The highest BCUT2D eigenvalue weighted by atomic mass is 35.5. The van der Waals surface area contributed by atoms with Crippen LogP contribution in [0.15, 0.2) is 42.6 Å². The number of Topliss-reactive ketones (excluding diaryl/α,β-unsaturated/α-hetero) is 1. The number of nitrogens with zero attached hydrogens (tertiary/aromatic N) is 2. The number of likely N-dealkylation sites (tertiary alicyclic amines) is 1. The fraction of sp³-hybridized carbons (Fsp3) is 0.414. The van der Waals surface area contributed by atoms with Crippen molar-refractivity contribution in [1.29, 1.82) is 0 Å². The lowest BCUT2D eigenvalue weighted by molar-refractivity contribution is -0.138. The maximum Gasteiger partial charge on any atom is 0.247 e. The molecule has 0 spiro atoms. The number of carbonyl (C=O) groups is 3. The molecule has 0 bridgehead atoms. The number of hydrogen-bond acceptors (Lipinski definition) is 6. The van der Waals surface area contributed by atoms with Gasteiger partial charge < -0.3 is 19.5 Å². The molecule has 0 saturated carbocycles. The smallest absolute Gasteiger partial charge is 0.247 e. The van der Waals surface area contributed by atoms with Gasteiger partial charge >= 0.3 is 0 Å². The molecule has 1 fully saturated rings. The molecule has 0 aliphatic carbocycles. The van der Waals surface area contributed by atoms with E-state index < -0.39 is 39.3 Å². The van der Waals surface area contributed by atoms with Crippen LogP contribution in [0.1, 0.15) is 56.5 Å². The Morgan fingerprint density at radius 2 is 1.90 bits per heavy atom. The van der Waals surface area contributed by atoms with Gasteiger partial charge in [-0.3, -0.25) is 14.4 Å². The van der Waals surface area contributed by atoms with Gasteiger partial charge in [0, 0.05) is 47.4 Å². The minimum atomic E-state index is -3.74. The van der Waals surface area contributed by atoms with E-state index in [1.54, 1.807) is 55.8 Å². The van der Waals surface area contributed by atoms with E-state index in [0.29, 0.717) is 35.9 Å². The molecular weight excluding hydrogens is 587 g/mol. The van der Waals surface area contributed by atoms with Crippen LogP contribution in [0.5, 0.6) is 5.75 Å². The Morgan fingerprint density at radius 1 is 1.17 bits per heavy atom. The number of aromatic nitrogens is 1. The third kappa shape index (κ3) is 7.47. The van der Waals surface area contributed by atoms with Gasteiger partial charge in [-0.05, 0) is 58.7 Å². The van der Waals surface area contributed by atoms with Crippen molar-refractivity contribution in [2.75, 3.05) is 12.5 Å². The van der Waals surface area contributed by atoms with E-state index >= 15 is 0 Å². The van der Waals surface area contributed by atoms with Crippen molar-refractivity contribution in [3.05, 3.63) is 64.6 Å². The number of benzene rings is 2. The summed E-state index contributed by atoms with van der Waals surface area (Å²) in [6.45, 7) is 6.71. The van der Waals surface area contributed by atoms with Crippen molar-refractivity contribution in [3.63, 3.8) is 0 Å². The van der Waals surface area contributed by atoms with Crippen molar-refractivity contribution in [2.24, 2.45) is 0 Å². The lowest BCUT2D eigenvalue weighted by Gasteiger charge is -2.24. The summed E-state index contributed by atoms with van der Waals surface area (Å²) in [6, 6.07) is 8.60. The van der Waals surface area contributed by atoms with Crippen LogP contribution >= 0.6 is 11.6 Å². The van der Waals surface area contributed by atoms with Crippen molar-refractivity contribution in [2.45, 2.75) is 65.2 Å². The van der Waals surface area contributed by atoms with Crippen LogP contribution in [0.2, 0.25) is 5.02 Å². The molecule has 2 aromatic carbocycles. The molecule has 1 aromatic heterocycles. The summed E-state index contributed by atoms with van der Waals surface area (Å²) >= 11 is 5.83. The first-order valence-electron chi connectivity index (χ1n) is 13.4. The second-order valence-corrected chi connectivity index (χ2v) is 13.4. The van der Waals surface area contributed by atoms with E-state index in [-0.39, 0.29) is 41.1 Å². The highest BCUT2D eigenvalue weighted by Crippen LogP contribution is 2.28. The molecule has 1 aliphatic rings. The van der Waals surface area contributed by atoms with Gasteiger partial charge in [-0.1, -0.05) is 23.7 Å². The van der Waals surface area contributed by atoms with Gasteiger partial charge in [0.2, 0.25) is 27.8 Å². The molecule has 4 rings (SSSR count). The van der Waals surface area contributed by atoms with Gasteiger partial charge in [0.25, 0.3) is 0 Å². The van der Waals surface area contributed by atoms with Gasteiger partial charge in [-0.25, -0.2) is 17.5 Å². The summed E-state index contributed by atoms with van der Waals surface area (Å²) in [5.74, 6) is -1.91. The quantitative estimate of drug-likeness (QED) is 0.330. The van der Waals surface area contributed by atoms with Gasteiger partial charge in [0.05, 0.1) is 10.5 Å². The molecule has 3 aromatic rings. The molecule has 13 heteroatoms. The van der Waals surface area contributed by atoms with E-state index in [1.807, 2.05) is 0 Å². The van der Waals surface area contributed by atoms with Crippen LogP contribution in [-0.2, 0) is 32.7 Å². The number of amides is 2. The Balaban J connectivity index is 1.50. The van der Waals surface area contributed by atoms with Crippen molar-refractivity contribution in [1.82, 2.24) is 19.5 Å². The number of rotatable bonds is 10. The van der Waals surface area contributed by atoms with Crippen LogP contribution < -0.4 is 14.8 Å². The zero-order chi connectivity index (χ0) is 30.8. The molecule has 226 valence electrons. The molecule has 1 saturated heterocycles. The van der Waals surface area contributed by atoms with Crippen LogP contribution in [0.4, 0.5) is 4.39 Å². The summed E-state index contributed by atoms with van der Waals surface area (Å²) in [7, 11) is -3.74. The van der Waals surface area contributed by atoms with Crippen molar-refractivity contribution in [3.8, 4) is 5.75 Å². The van der Waals surface area contributed by atoms with E-state index in [2.05, 4.69) is 10.0 Å². The molecule has 2 N–H and O–H groups in total. The van der Waals surface area contributed by atoms with Crippen LogP contribution in [0.25, 0.3) is 10.9 Å². The number of nitrogens with one attached hydrogen (secondary N) is 2. The average Bonchev–Trinajstić information content (AvgIpc) is 3.52. The van der Waals surface area contributed by atoms with Crippen molar-refractivity contribution < 1.29 is 31.9 Å². The fourth-order valence-electron chi connectivity index (χ4n) is 4.97. The number of hydrogen-bond donors (Lipinski definition) is 2. The maximum absolute atomic E-state index is 14.2. The summed E-state index contributed by atoms with van der Waals surface area (Å²) in [6.07, 6.45) is 2.64. The zero-order valence-corrected chi connectivity index (χ0v) is 25.4. The predicted molar refractivity (Wildman–Crippen MR) is 157 cm³/mol. The maximum atomic E-state index is 14.2. The standard InChI is InChI=1S/C29H34ClFN4O6S/c1-18(36)22-15-34(25-13-20(10-11-21(22)25)41-17-42(39,40)33-29(2,3)4)16-26(37)35-12-6-9-24(35)28(38)32-14-19-7-5-8-23(30)27(19)31/h5,7-8,10-11,13,15,24,33H,6,9,12,14,16-17H2,1-4H3,(H,32,38)/t24-/m0/s1. The zero-order valence-electron chi connectivity index (χ0n) is 23.9. The second kappa shape index (κ2) is 12.4. The first kappa shape index (κ1) is 31.5. The molecule has 1 aliphatic heterocycles. The highest BCUT2D eigenvalue weighted by molar-refractivity contribution is 7.89. The monoisotopic (exact) mass is 620 g/mol. The Bertz CT molecular complexity index is 1630. The van der Waals surface area contributed by atoms with Crippen molar-refractivity contribution >= 4 is 50.1 Å². The SMILES string of the molecule is CC(=O)c1cn(CC(=O)N2CCC[C@H]2C(=O)NCc2cccc(Cl)c2F)c2cc(OCS(=O)(=O)NC(C)(C)C)ccc12. The van der Waals surface area contributed by atoms with Gasteiger partial charge in [-0.2, -0.15) is 0 Å². The summed E-state index contributed by atoms with van der Waals surface area (Å²) in [5, 5.41) is 3.24. The number of fused-ring (bicyclic) bond motifs is 1. The van der Waals surface area contributed by atoms with Gasteiger partial charge in [-0.15, -0.1) is 0 Å². The topological polar surface area (TPSA) is 127 Å². The number of ether oxygens (including phenoxy) is 1. The third-order valence-electron chi connectivity index (χ3n) is 6.74.